The van der Waals surface area contributed by atoms with E-state index in [1.807, 2.05) is 69.3 Å². The van der Waals surface area contributed by atoms with Crippen LogP contribution in [0.3, 0.4) is 0 Å². The molecule has 2 aromatic rings. The third-order valence-corrected chi connectivity index (χ3v) is 12.7. The molecule has 0 aliphatic carbocycles. The quantitative estimate of drug-likeness (QED) is 0.139. The molecule has 3 heterocycles. The van der Waals surface area contributed by atoms with E-state index in [1.54, 1.807) is 38.7 Å². The first-order valence-corrected chi connectivity index (χ1v) is 19.0. The third-order valence-electron chi connectivity index (χ3n) is 8.09. The van der Waals surface area contributed by atoms with E-state index in [-0.39, 0.29) is 52.6 Å². The molecule has 3 aliphatic heterocycles. The maximum atomic E-state index is 14.3. The topological polar surface area (TPSA) is 126 Å². The minimum Gasteiger partial charge on any atom is -0.463 e. The van der Waals surface area contributed by atoms with Crippen LogP contribution in [0.25, 0.3) is 11.6 Å². The molecule has 268 valence electrons. The molecule has 3 aliphatic rings. The van der Waals surface area contributed by atoms with Crippen molar-refractivity contribution in [3.63, 3.8) is 0 Å². The van der Waals surface area contributed by atoms with Crippen LogP contribution in [0.4, 0.5) is 5.69 Å². The molecule has 0 radical (unpaired) electrons. The normalized spacial score (nSPS) is 17.4. The minimum absolute atomic E-state index is 0.0129. The summed E-state index contributed by atoms with van der Waals surface area (Å²) in [5, 5.41) is 0. The van der Waals surface area contributed by atoms with Crippen molar-refractivity contribution >= 4 is 82.4 Å². The number of thioether (sulfide) groups is 3. The summed E-state index contributed by atoms with van der Waals surface area (Å²) in [5.74, 6) is -3.48. The number of anilines is 1. The zero-order chi connectivity index (χ0) is 37.1. The summed E-state index contributed by atoms with van der Waals surface area (Å²) >= 11 is 2.88. The highest BCUT2D eigenvalue weighted by Crippen LogP contribution is 2.71. The summed E-state index contributed by atoms with van der Waals surface area (Å²) in [4.78, 5) is 71.6. The molecule has 1 amide bonds. The Morgan fingerprint density at radius 2 is 1.25 bits per heavy atom. The monoisotopic (exact) mass is 749 g/mol. The van der Waals surface area contributed by atoms with Gasteiger partial charge in [-0.25, -0.2) is 19.2 Å². The number of amides is 1. The highest BCUT2D eigenvalue weighted by atomic mass is 32.2. The molecule has 0 aromatic heterocycles. The lowest BCUT2D eigenvalue weighted by Crippen LogP contribution is -2.53. The SMILES string of the molecule is CCOC(=O)C1=C(C(=O)OCC)SC2(S1)C(C(=O)OCC)=C(C(=O)OCC)SC1=C2c2ccc(C)cc2N(C(=O)C=Cc2ccccc2)C1(C)C. The van der Waals surface area contributed by atoms with Gasteiger partial charge in [-0.1, -0.05) is 77.8 Å². The molecule has 10 nitrogen and oxygen atoms in total. The molecule has 0 saturated carbocycles. The van der Waals surface area contributed by atoms with Crippen LogP contribution in [0.5, 0.6) is 0 Å². The van der Waals surface area contributed by atoms with Gasteiger partial charge in [-0.2, -0.15) is 0 Å². The average molecular weight is 750 g/mol. The molecule has 5 rings (SSSR count). The molecule has 0 unspecified atom stereocenters. The smallest absolute Gasteiger partial charge is 0.346 e. The van der Waals surface area contributed by atoms with E-state index >= 15 is 0 Å². The number of ether oxygens (including phenoxy) is 4. The number of carbonyl (C=O) groups is 5. The van der Waals surface area contributed by atoms with E-state index in [1.165, 1.54) is 6.08 Å². The Kier molecular flexibility index (Phi) is 11.6. The number of hydrogen-bond acceptors (Lipinski definition) is 12. The van der Waals surface area contributed by atoms with Gasteiger partial charge in [0.1, 0.15) is 18.8 Å². The summed E-state index contributed by atoms with van der Waals surface area (Å²) < 4.78 is 20.3. The van der Waals surface area contributed by atoms with Crippen molar-refractivity contribution in [3.05, 3.63) is 96.5 Å². The van der Waals surface area contributed by atoms with Crippen molar-refractivity contribution < 1.29 is 42.9 Å². The minimum atomic E-state index is -1.64. The van der Waals surface area contributed by atoms with Crippen LogP contribution >= 0.6 is 35.3 Å². The van der Waals surface area contributed by atoms with Crippen LogP contribution in [0.2, 0.25) is 0 Å². The second-order valence-electron chi connectivity index (χ2n) is 11.9. The van der Waals surface area contributed by atoms with Gasteiger partial charge < -0.3 is 18.9 Å². The molecule has 2 aromatic carbocycles. The largest absolute Gasteiger partial charge is 0.463 e. The highest BCUT2D eigenvalue weighted by Gasteiger charge is 2.61. The van der Waals surface area contributed by atoms with Gasteiger partial charge in [0.25, 0.3) is 5.91 Å². The van der Waals surface area contributed by atoms with Gasteiger partial charge in [-0.3, -0.25) is 9.69 Å². The zero-order valence-electron chi connectivity index (χ0n) is 29.4. The summed E-state index contributed by atoms with van der Waals surface area (Å²) in [6.07, 6.45) is 3.24. The summed E-state index contributed by atoms with van der Waals surface area (Å²) in [5.41, 5.74) is 2.14. The molecular formula is C38H39NO9S3. The fourth-order valence-electron chi connectivity index (χ4n) is 6.04. The molecule has 51 heavy (non-hydrogen) atoms. The first kappa shape index (κ1) is 38.0. The molecule has 0 N–H and O–H groups in total. The first-order valence-electron chi connectivity index (χ1n) is 16.5. The maximum absolute atomic E-state index is 14.3. The van der Waals surface area contributed by atoms with Gasteiger partial charge >= 0.3 is 23.9 Å². The van der Waals surface area contributed by atoms with E-state index in [4.69, 9.17) is 18.9 Å². The standard InChI is InChI=1S/C38H39NO9S3/c1-8-45-33(41)28-29(34(42)46-9-2)49-32-27(38(28)50-30(35(43)47-10-3)31(51-38)36(44)48-11-4)24-19-17-22(5)21-25(24)39(37(32,6)7)26(40)20-18-23-15-13-12-14-16-23/h12-21H,8-11H2,1-7H3. The molecule has 0 bridgehead atoms. The first-order chi connectivity index (χ1) is 24.4. The van der Waals surface area contributed by atoms with Crippen LogP contribution in [0.1, 0.15) is 58.2 Å². The lowest BCUT2D eigenvalue weighted by atomic mass is 9.83. The summed E-state index contributed by atoms with van der Waals surface area (Å²) in [7, 11) is 0. The number of hydrogen-bond donors (Lipinski definition) is 0. The summed E-state index contributed by atoms with van der Waals surface area (Å²) in [6, 6.07) is 15.1. The number of carbonyl (C=O) groups excluding carboxylic acids is 5. The second kappa shape index (κ2) is 15.6. The third kappa shape index (κ3) is 7.03. The molecule has 0 saturated heterocycles. The Morgan fingerprint density at radius 1 is 0.725 bits per heavy atom. The number of nitrogens with zero attached hydrogens (tertiary/aromatic N) is 1. The van der Waals surface area contributed by atoms with Crippen molar-refractivity contribution in [2.24, 2.45) is 0 Å². The number of esters is 4. The molecule has 13 heteroatoms. The van der Waals surface area contributed by atoms with Gasteiger partial charge in [0, 0.05) is 22.1 Å². The van der Waals surface area contributed by atoms with Crippen LogP contribution in [0, 0.1) is 6.92 Å². The Balaban J connectivity index is 1.84. The van der Waals surface area contributed by atoms with Crippen molar-refractivity contribution in [1.29, 1.82) is 0 Å². The highest BCUT2D eigenvalue weighted by molar-refractivity contribution is 8.26. The fraction of sp³-hybridized carbons (Fsp3) is 0.342. The van der Waals surface area contributed by atoms with Crippen molar-refractivity contribution in [2.75, 3.05) is 31.3 Å². The zero-order valence-corrected chi connectivity index (χ0v) is 31.9. The van der Waals surface area contributed by atoms with Crippen molar-refractivity contribution in [2.45, 2.75) is 58.1 Å². The fourth-order valence-corrected chi connectivity index (χ4v) is 11.0. The van der Waals surface area contributed by atoms with Gasteiger partial charge in [0.15, 0.2) is 0 Å². The lowest BCUT2D eigenvalue weighted by Gasteiger charge is -2.50. The van der Waals surface area contributed by atoms with Crippen LogP contribution < -0.4 is 4.90 Å². The van der Waals surface area contributed by atoms with E-state index in [9.17, 15) is 24.0 Å². The Bertz CT molecular complexity index is 1880. The summed E-state index contributed by atoms with van der Waals surface area (Å²) in [6.45, 7) is 12.3. The number of aryl methyl sites for hydroxylation is 1. The van der Waals surface area contributed by atoms with Crippen LogP contribution in [-0.4, -0.2) is 65.8 Å². The predicted molar refractivity (Wildman–Crippen MR) is 201 cm³/mol. The van der Waals surface area contributed by atoms with E-state index in [2.05, 4.69) is 0 Å². The van der Waals surface area contributed by atoms with Gasteiger partial charge in [0.2, 0.25) is 0 Å². The van der Waals surface area contributed by atoms with Gasteiger partial charge in [-0.05, 0) is 71.7 Å². The van der Waals surface area contributed by atoms with Crippen molar-refractivity contribution in [3.8, 4) is 0 Å². The lowest BCUT2D eigenvalue weighted by molar-refractivity contribution is -0.141. The predicted octanol–water partition coefficient (Wildman–Crippen LogP) is 7.19. The Labute approximate surface area is 310 Å². The van der Waals surface area contributed by atoms with Gasteiger partial charge in [0.05, 0.1) is 43.2 Å². The van der Waals surface area contributed by atoms with Crippen LogP contribution in [0.15, 0.2) is 79.8 Å². The Hall–Kier alpha value is -4.20. The number of rotatable bonds is 10. The molecular weight excluding hydrogens is 711 g/mol. The van der Waals surface area contributed by atoms with E-state index in [0.29, 0.717) is 21.7 Å². The van der Waals surface area contributed by atoms with Gasteiger partial charge in [-0.15, -0.1) is 0 Å². The van der Waals surface area contributed by atoms with Crippen LogP contribution in [-0.2, 0) is 42.9 Å². The number of benzene rings is 2. The second-order valence-corrected chi connectivity index (χ2v) is 15.6. The molecule has 0 fully saturated rings. The Morgan fingerprint density at radius 3 is 1.80 bits per heavy atom. The molecule has 1 spiro atoms. The molecule has 0 atom stereocenters. The maximum Gasteiger partial charge on any atom is 0.346 e. The van der Waals surface area contributed by atoms with E-state index < -0.39 is 33.5 Å². The average Bonchev–Trinajstić information content (AvgIpc) is 3.48. The number of fused-ring (bicyclic) bond motifs is 3. The van der Waals surface area contributed by atoms with E-state index in [0.717, 1.165) is 46.4 Å². The van der Waals surface area contributed by atoms with Crippen molar-refractivity contribution in [1.82, 2.24) is 0 Å².